The van der Waals surface area contributed by atoms with Gasteiger partial charge in [0.05, 0.1) is 5.69 Å². The van der Waals surface area contributed by atoms with Crippen molar-refractivity contribution in [1.29, 1.82) is 0 Å². The predicted molar refractivity (Wildman–Crippen MR) is 131 cm³/mol. The van der Waals surface area contributed by atoms with E-state index in [1.54, 1.807) is 23.7 Å². The van der Waals surface area contributed by atoms with Gasteiger partial charge in [0.25, 0.3) is 0 Å². The zero-order valence-electron chi connectivity index (χ0n) is 19.9. The molecule has 0 spiro atoms. The molecule has 35 heavy (non-hydrogen) atoms. The molecule has 1 aliphatic carbocycles. The lowest BCUT2D eigenvalue weighted by molar-refractivity contribution is -0.0498. The van der Waals surface area contributed by atoms with Crippen molar-refractivity contribution in [2.24, 2.45) is 17.8 Å². The second-order valence-electron chi connectivity index (χ2n) is 10.2. The Kier molecular flexibility index (Phi) is 5.86. The molecule has 2 bridgehead atoms. The van der Waals surface area contributed by atoms with Crippen molar-refractivity contribution < 1.29 is 13.5 Å². The minimum Gasteiger partial charge on any atom is -0.435 e. The Morgan fingerprint density at radius 1 is 1.20 bits per heavy atom. The van der Waals surface area contributed by atoms with Crippen LogP contribution in [0.5, 0.6) is 5.75 Å². The van der Waals surface area contributed by atoms with E-state index in [0.29, 0.717) is 29.7 Å². The number of halogens is 2. The molecule has 2 fully saturated rings. The van der Waals surface area contributed by atoms with Crippen molar-refractivity contribution in [1.82, 2.24) is 19.1 Å². The lowest BCUT2D eigenvalue weighted by atomic mass is 9.90. The Morgan fingerprint density at radius 2 is 2.03 bits per heavy atom. The molecular formula is C25H30F2N6OS. The number of rotatable bonds is 6. The number of hydrogen-bond acceptors (Lipinski definition) is 7. The highest BCUT2D eigenvalue weighted by atomic mass is 32.1. The molecule has 10 heteroatoms. The Hall–Kier alpha value is -2.75. The molecule has 0 amide bonds. The Morgan fingerprint density at radius 3 is 2.74 bits per heavy atom. The molecule has 2 aliphatic heterocycles. The van der Waals surface area contributed by atoms with Gasteiger partial charge in [0.15, 0.2) is 0 Å². The van der Waals surface area contributed by atoms with E-state index < -0.39 is 6.61 Å². The van der Waals surface area contributed by atoms with Crippen LogP contribution in [0.25, 0.3) is 0 Å². The van der Waals surface area contributed by atoms with Crippen molar-refractivity contribution in [3.05, 3.63) is 47.4 Å². The highest BCUT2D eigenvalue weighted by Gasteiger charge is 2.47. The van der Waals surface area contributed by atoms with Crippen LogP contribution in [-0.4, -0.2) is 44.9 Å². The number of nitrogens with one attached hydrogen (secondary N) is 1. The smallest absolute Gasteiger partial charge is 0.387 e. The second-order valence-corrected chi connectivity index (χ2v) is 11.0. The second kappa shape index (κ2) is 9.04. The van der Waals surface area contributed by atoms with E-state index in [4.69, 9.17) is 10.1 Å². The zero-order chi connectivity index (χ0) is 24.1. The fraction of sp³-hybridized carbons (Fsp3) is 0.560. The van der Waals surface area contributed by atoms with Crippen molar-refractivity contribution in [2.45, 2.75) is 58.2 Å². The fourth-order valence-electron chi connectivity index (χ4n) is 6.26. The van der Waals surface area contributed by atoms with Crippen molar-refractivity contribution in [3.8, 4) is 5.75 Å². The molecule has 0 radical (unpaired) electrons. The van der Waals surface area contributed by atoms with Gasteiger partial charge in [0.1, 0.15) is 16.6 Å². The normalized spacial score (nSPS) is 27.8. The molecule has 7 nitrogen and oxygen atoms in total. The standard InChI is InChI=1S/C25H30F2N6OS/c1-14-10-17-12-32(21-11-15(2)31-35-21)13-20(14)22(17)28-25-29-23-19(4-3-9-33(23)30-25)16-5-7-18(8-6-16)34-24(26)27/h5-8,11,14,17,19-20,22,24H,3-4,9-10,12-13H2,1-2H3,(H,28,30)/t14?,17-,19?,20-,22-/m0/s1. The van der Waals surface area contributed by atoms with Crippen LogP contribution in [0, 0.1) is 24.7 Å². The molecule has 2 aromatic heterocycles. The molecule has 4 heterocycles. The molecule has 1 N–H and O–H groups in total. The number of fused-ring (bicyclic) bond motifs is 3. The number of piperidine rings is 1. The van der Waals surface area contributed by atoms with E-state index in [0.717, 1.165) is 49.6 Å². The van der Waals surface area contributed by atoms with Crippen LogP contribution in [0.15, 0.2) is 30.3 Å². The lowest BCUT2D eigenvalue weighted by Crippen LogP contribution is -2.48. The maximum atomic E-state index is 12.5. The average Bonchev–Trinajstić information content (AvgIpc) is 3.49. The highest BCUT2D eigenvalue weighted by Crippen LogP contribution is 2.44. The van der Waals surface area contributed by atoms with Crippen LogP contribution in [0.3, 0.4) is 0 Å². The summed E-state index contributed by atoms with van der Waals surface area (Å²) >= 11 is 1.60. The first kappa shape index (κ1) is 22.7. The average molecular weight is 501 g/mol. The number of aryl methyl sites for hydroxylation is 2. The van der Waals surface area contributed by atoms with Crippen LogP contribution >= 0.6 is 11.5 Å². The molecule has 3 aromatic rings. The van der Waals surface area contributed by atoms with Gasteiger partial charge in [-0.3, -0.25) is 0 Å². The molecule has 2 unspecified atom stereocenters. The van der Waals surface area contributed by atoms with Crippen LogP contribution < -0.4 is 15.0 Å². The topological polar surface area (TPSA) is 68.1 Å². The monoisotopic (exact) mass is 500 g/mol. The van der Waals surface area contributed by atoms with E-state index in [2.05, 4.69) is 39.2 Å². The van der Waals surface area contributed by atoms with E-state index >= 15 is 0 Å². The molecule has 1 aromatic carbocycles. The number of nitrogens with zero attached hydrogens (tertiary/aromatic N) is 5. The largest absolute Gasteiger partial charge is 0.435 e. The van der Waals surface area contributed by atoms with Crippen molar-refractivity contribution in [2.75, 3.05) is 23.3 Å². The summed E-state index contributed by atoms with van der Waals surface area (Å²) in [6.45, 7) is 4.51. The summed E-state index contributed by atoms with van der Waals surface area (Å²) in [6, 6.07) is 9.49. The molecule has 3 aliphatic rings. The first-order chi connectivity index (χ1) is 16.9. The number of anilines is 2. The third-order valence-corrected chi connectivity index (χ3v) is 8.81. The first-order valence-electron chi connectivity index (χ1n) is 12.4. The van der Waals surface area contributed by atoms with Gasteiger partial charge in [-0.15, -0.1) is 5.10 Å². The van der Waals surface area contributed by atoms with Crippen LogP contribution in [0.2, 0.25) is 0 Å². The SMILES string of the molecule is Cc1cc(N2C[C@@H]3CC(C)[C@H](C2)[C@H]3Nc2nc3n(n2)CCCC3c2ccc(OC(F)F)cc2)sn1. The van der Waals surface area contributed by atoms with Gasteiger partial charge < -0.3 is 15.0 Å². The van der Waals surface area contributed by atoms with Gasteiger partial charge in [0.2, 0.25) is 5.95 Å². The third kappa shape index (κ3) is 4.37. The van der Waals surface area contributed by atoms with Gasteiger partial charge in [0, 0.05) is 31.6 Å². The van der Waals surface area contributed by atoms with Gasteiger partial charge in [-0.2, -0.15) is 18.1 Å². The molecule has 1 saturated carbocycles. The van der Waals surface area contributed by atoms with Gasteiger partial charge in [-0.05, 0) is 79.2 Å². The van der Waals surface area contributed by atoms with E-state index in [-0.39, 0.29) is 11.7 Å². The van der Waals surface area contributed by atoms with E-state index in [9.17, 15) is 8.78 Å². The van der Waals surface area contributed by atoms with Crippen molar-refractivity contribution in [3.63, 3.8) is 0 Å². The number of hydrogen-bond donors (Lipinski definition) is 1. The van der Waals surface area contributed by atoms with Crippen LogP contribution in [0.1, 0.15) is 49.2 Å². The zero-order valence-corrected chi connectivity index (χ0v) is 20.7. The number of aromatic nitrogens is 4. The number of alkyl halides is 2. The summed E-state index contributed by atoms with van der Waals surface area (Å²) in [5.41, 5.74) is 2.14. The van der Waals surface area contributed by atoms with E-state index in [1.165, 1.54) is 11.4 Å². The Labute approximate surface area is 207 Å². The highest BCUT2D eigenvalue weighted by molar-refractivity contribution is 7.10. The first-order valence-corrected chi connectivity index (χ1v) is 13.2. The number of benzene rings is 1. The summed E-state index contributed by atoms with van der Waals surface area (Å²) in [4.78, 5) is 7.45. The molecular weight excluding hydrogens is 470 g/mol. The Bertz CT molecular complexity index is 1180. The molecule has 186 valence electrons. The maximum absolute atomic E-state index is 12.5. The lowest BCUT2D eigenvalue weighted by Gasteiger charge is -2.39. The summed E-state index contributed by atoms with van der Waals surface area (Å²) in [5.74, 6) is 3.66. The van der Waals surface area contributed by atoms with Gasteiger partial charge in [-0.1, -0.05) is 19.1 Å². The van der Waals surface area contributed by atoms with Crippen LogP contribution in [-0.2, 0) is 6.54 Å². The van der Waals surface area contributed by atoms with Crippen LogP contribution in [0.4, 0.5) is 19.7 Å². The Balaban J connectivity index is 1.19. The molecule has 1 saturated heterocycles. The summed E-state index contributed by atoms with van der Waals surface area (Å²) in [5, 5.41) is 9.83. The van der Waals surface area contributed by atoms with Gasteiger partial charge in [-0.25, -0.2) is 4.68 Å². The number of ether oxygens (including phenoxy) is 1. The summed E-state index contributed by atoms with van der Waals surface area (Å²) in [6.07, 6.45) is 3.17. The molecule has 6 rings (SSSR count). The summed E-state index contributed by atoms with van der Waals surface area (Å²) < 4.78 is 36.0. The summed E-state index contributed by atoms with van der Waals surface area (Å²) in [7, 11) is 0. The molecule has 5 atom stereocenters. The minimum absolute atomic E-state index is 0.0967. The minimum atomic E-state index is -2.82. The van der Waals surface area contributed by atoms with Gasteiger partial charge >= 0.3 is 6.61 Å². The maximum Gasteiger partial charge on any atom is 0.387 e. The predicted octanol–water partition coefficient (Wildman–Crippen LogP) is 5.14. The quantitative estimate of drug-likeness (QED) is 0.505. The van der Waals surface area contributed by atoms with E-state index in [1.807, 2.05) is 16.8 Å². The van der Waals surface area contributed by atoms with Crippen molar-refractivity contribution >= 4 is 22.5 Å². The third-order valence-electron chi connectivity index (χ3n) is 7.87. The fourth-order valence-corrected chi connectivity index (χ4v) is 7.04.